The van der Waals surface area contributed by atoms with Crippen molar-refractivity contribution in [1.82, 2.24) is 4.90 Å². The van der Waals surface area contributed by atoms with Crippen molar-refractivity contribution in [3.8, 4) is 0 Å². The van der Waals surface area contributed by atoms with Crippen molar-refractivity contribution in [3.63, 3.8) is 0 Å². The van der Waals surface area contributed by atoms with Gasteiger partial charge in [-0.1, -0.05) is 13.8 Å². The molecule has 0 aromatic rings. The van der Waals surface area contributed by atoms with Gasteiger partial charge >= 0.3 is 5.97 Å². The molecule has 0 radical (unpaired) electrons. The maximum atomic E-state index is 10.4. The van der Waals surface area contributed by atoms with Crippen LogP contribution >= 0.6 is 0 Å². The zero-order valence-corrected chi connectivity index (χ0v) is 10.8. The number of nitrogens with zero attached hydrogens (tertiary/aromatic N) is 1. The fourth-order valence-corrected chi connectivity index (χ4v) is 2.56. The van der Waals surface area contributed by atoms with E-state index in [1.54, 1.807) is 0 Å². The summed E-state index contributed by atoms with van der Waals surface area (Å²) < 4.78 is 0. The molecule has 1 saturated heterocycles. The number of carboxylic acid groups (broad SMARTS) is 1. The number of hydrogen-bond acceptors (Lipinski definition) is 2. The molecule has 0 saturated carbocycles. The second kappa shape index (κ2) is 5.67. The Balaban J connectivity index is 2.21. The first-order valence-electron chi connectivity index (χ1n) is 6.49. The Kier molecular flexibility index (Phi) is 4.78. The minimum absolute atomic E-state index is 0.310. The first-order valence-corrected chi connectivity index (χ1v) is 6.49. The van der Waals surface area contributed by atoms with Gasteiger partial charge in [-0.2, -0.15) is 0 Å². The third-order valence-electron chi connectivity index (χ3n) is 4.21. The lowest BCUT2D eigenvalue weighted by atomic mass is 9.74. The molecule has 1 heterocycles. The molecule has 16 heavy (non-hydrogen) atoms. The Hall–Kier alpha value is -0.570. The summed E-state index contributed by atoms with van der Waals surface area (Å²) in [6, 6.07) is 0.547. The van der Waals surface area contributed by atoms with Crippen LogP contribution in [0, 0.1) is 5.41 Å². The Morgan fingerprint density at radius 1 is 1.38 bits per heavy atom. The highest BCUT2D eigenvalue weighted by atomic mass is 16.4. The van der Waals surface area contributed by atoms with Crippen molar-refractivity contribution in [1.29, 1.82) is 0 Å². The highest BCUT2D eigenvalue weighted by molar-refractivity contribution is 5.66. The van der Waals surface area contributed by atoms with Crippen molar-refractivity contribution in [2.24, 2.45) is 5.41 Å². The van der Waals surface area contributed by atoms with Crippen LogP contribution in [0.3, 0.4) is 0 Å². The van der Waals surface area contributed by atoms with Gasteiger partial charge in [-0.3, -0.25) is 9.69 Å². The fraction of sp³-hybridized carbons (Fsp3) is 0.923. The molecule has 1 aliphatic rings. The molecule has 0 aliphatic carbocycles. The van der Waals surface area contributed by atoms with Crippen LogP contribution in [0.25, 0.3) is 0 Å². The van der Waals surface area contributed by atoms with Crippen LogP contribution in [0.15, 0.2) is 0 Å². The van der Waals surface area contributed by atoms with Crippen molar-refractivity contribution in [2.75, 3.05) is 13.1 Å². The van der Waals surface area contributed by atoms with Crippen molar-refractivity contribution in [3.05, 3.63) is 0 Å². The smallest absolute Gasteiger partial charge is 0.303 e. The monoisotopic (exact) mass is 227 g/mol. The SMILES string of the molecule is CCC1(CC)CN(C(C)CCCC(=O)O)C1. The van der Waals surface area contributed by atoms with Crippen LogP contribution in [-0.4, -0.2) is 35.1 Å². The molecule has 3 nitrogen and oxygen atoms in total. The minimum Gasteiger partial charge on any atom is -0.481 e. The van der Waals surface area contributed by atoms with Gasteiger partial charge < -0.3 is 5.11 Å². The van der Waals surface area contributed by atoms with E-state index in [0.29, 0.717) is 17.9 Å². The maximum Gasteiger partial charge on any atom is 0.303 e. The second-order valence-electron chi connectivity index (χ2n) is 5.25. The Labute approximate surface area is 98.8 Å². The molecular weight excluding hydrogens is 202 g/mol. The highest BCUT2D eigenvalue weighted by Crippen LogP contribution is 2.38. The van der Waals surface area contributed by atoms with Crippen LogP contribution in [0.1, 0.15) is 52.9 Å². The maximum absolute atomic E-state index is 10.4. The Bertz CT molecular complexity index is 228. The van der Waals surface area contributed by atoms with E-state index in [4.69, 9.17) is 5.11 Å². The summed E-state index contributed by atoms with van der Waals surface area (Å²) in [5.74, 6) is -0.674. The molecule has 0 spiro atoms. The van der Waals surface area contributed by atoms with E-state index in [1.165, 1.54) is 25.9 Å². The molecule has 0 amide bonds. The quantitative estimate of drug-likeness (QED) is 0.727. The van der Waals surface area contributed by atoms with Gasteiger partial charge in [0.05, 0.1) is 0 Å². The molecule has 1 atom stereocenters. The average molecular weight is 227 g/mol. The molecule has 1 fully saturated rings. The van der Waals surface area contributed by atoms with E-state index < -0.39 is 5.97 Å². The van der Waals surface area contributed by atoms with Gasteiger partial charge in [-0.25, -0.2) is 0 Å². The summed E-state index contributed by atoms with van der Waals surface area (Å²) in [5.41, 5.74) is 0.557. The molecule has 3 heteroatoms. The first-order chi connectivity index (χ1) is 7.53. The minimum atomic E-state index is -0.674. The van der Waals surface area contributed by atoms with Crippen molar-refractivity contribution < 1.29 is 9.90 Å². The van der Waals surface area contributed by atoms with Gasteiger partial charge in [0.1, 0.15) is 0 Å². The van der Waals surface area contributed by atoms with Gasteiger partial charge in [0, 0.05) is 25.6 Å². The molecular formula is C13H25NO2. The summed E-state index contributed by atoms with van der Waals surface area (Å²) >= 11 is 0. The number of likely N-dealkylation sites (tertiary alicyclic amines) is 1. The first kappa shape index (κ1) is 13.5. The normalized spacial score (nSPS) is 21.4. The molecule has 0 bridgehead atoms. The zero-order valence-electron chi connectivity index (χ0n) is 10.8. The van der Waals surface area contributed by atoms with E-state index in [0.717, 1.165) is 12.8 Å². The summed E-state index contributed by atoms with van der Waals surface area (Å²) in [7, 11) is 0. The summed E-state index contributed by atoms with van der Waals surface area (Å²) in [5, 5.41) is 8.58. The van der Waals surface area contributed by atoms with Crippen molar-refractivity contribution >= 4 is 5.97 Å². The van der Waals surface area contributed by atoms with E-state index in [1.807, 2.05) is 0 Å². The fourth-order valence-electron chi connectivity index (χ4n) is 2.56. The average Bonchev–Trinajstić information content (AvgIpc) is 2.17. The van der Waals surface area contributed by atoms with Crippen LogP contribution in [0.5, 0.6) is 0 Å². The number of carbonyl (C=O) groups is 1. The summed E-state index contributed by atoms with van der Waals surface area (Å²) in [6.07, 6.45) is 4.66. The van der Waals surface area contributed by atoms with Crippen LogP contribution < -0.4 is 0 Å². The predicted octanol–water partition coefficient (Wildman–Crippen LogP) is 2.75. The predicted molar refractivity (Wildman–Crippen MR) is 65.5 cm³/mol. The second-order valence-corrected chi connectivity index (χ2v) is 5.25. The molecule has 1 unspecified atom stereocenters. The lowest BCUT2D eigenvalue weighted by Gasteiger charge is -2.52. The van der Waals surface area contributed by atoms with E-state index in [-0.39, 0.29) is 0 Å². The standard InChI is InChI=1S/C13H25NO2/c1-4-13(5-2)9-14(10-13)11(3)7-6-8-12(15)16/h11H,4-10H2,1-3H3,(H,15,16). The van der Waals surface area contributed by atoms with E-state index >= 15 is 0 Å². The third-order valence-corrected chi connectivity index (χ3v) is 4.21. The molecule has 1 aliphatic heterocycles. The van der Waals surface area contributed by atoms with Gasteiger partial charge in [-0.15, -0.1) is 0 Å². The van der Waals surface area contributed by atoms with E-state index in [2.05, 4.69) is 25.7 Å². The molecule has 1 rings (SSSR count). The number of hydrogen-bond donors (Lipinski definition) is 1. The Morgan fingerprint density at radius 2 is 1.94 bits per heavy atom. The van der Waals surface area contributed by atoms with E-state index in [9.17, 15) is 4.79 Å². The third kappa shape index (κ3) is 3.21. The zero-order chi connectivity index (χ0) is 12.2. The molecule has 94 valence electrons. The topological polar surface area (TPSA) is 40.5 Å². The van der Waals surface area contributed by atoms with Gasteiger partial charge in [-0.05, 0) is 38.0 Å². The number of aliphatic carboxylic acids is 1. The van der Waals surface area contributed by atoms with Gasteiger partial charge in [0.2, 0.25) is 0 Å². The number of carboxylic acids is 1. The molecule has 1 N–H and O–H groups in total. The van der Waals surface area contributed by atoms with Crippen LogP contribution in [0.2, 0.25) is 0 Å². The van der Waals surface area contributed by atoms with Crippen LogP contribution in [-0.2, 0) is 4.79 Å². The largest absolute Gasteiger partial charge is 0.481 e. The summed E-state index contributed by atoms with van der Waals surface area (Å²) in [6.45, 7) is 9.17. The lowest BCUT2D eigenvalue weighted by Crippen LogP contribution is -2.58. The van der Waals surface area contributed by atoms with Crippen LogP contribution in [0.4, 0.5) is 0 Å². The number of rotatable bonds is 7. The highest BCUT2D eigenvalue weighted by Gasteiger charge is 2.41. The van der Waals surface area contributed by atoms with Gasteiger partial charge in [0.15, 0.2) is 0 Å². The summed E-state index contributed by atoms with van der Waals surface area (Å²) in [4.78, 5) is 12.9. The lowest BCUT2D eigenvalue weighted by molar-refractivity contribution is -0.137. The molecule has 0 aromatic heterocycles. The van der Waals surface area contributed by atoms with Gasteiger partial charge in [0.25, 0.3) is 0 Å². The molecule has 0 aromatic carbocycles. The Morgan fingerprint density at radius 3 is 2.38 bits per heavy atom. The van der Waals surface area contributed by atoms with Crippen molar-refractivity contribution in [2.45, 2.75) is 58.9 Å².